The number of hydrogen-bond donors (Lipinski definition) is 2. The highest BCUT2D eigenvalue weighted by Crippen LogP contribution is 2.15. The average molecular weight is 450 g/mol. The van der Waals surface area contributed by atoms with E-state index in [1.807, 2.05) is 37.3 Å². The van der Waals surface area contributed by atoms with Crippen LogP contribution in [0.1, 0.15) is 27.9 Å². The third-order valence-corrected chi connectivity index (χ3v) is 5.48. The summed E-state index contributed by atoms with van der Waals surface area (Å²) < 4.78 is 6.88. The molecule has 1 aliphatic heterocycles. The Bertz CT molecular complexity index is 1100. The van der Waals surface area contributed by atoms with Crippen LogP contribution in [0.15, 0.2) is 48.8 Å². The Labute approximate surface area is 191 Å². The van der Waals surface area contributed by atoms with Gasteiger partial charge in [-0.15, -0.1) is 5.10 Å². The van der Waals surface area contributed by atoms with Gasteiger partial charge in [0.2, 0.25) is 5.91 Å². The molecule has 2 N–H and O–H groups in total. The zero-order chi connectivity index (χ0) is 23.0. The number of benzene rings is 2. The first-order chi connectivity index (χ1) is 16.1. The van der Waals surface area contributed by atoms with Crippen LogP contribution in [0.25, 0.3) is 5.69 Å². The van der Waals surface area contributed by atoms with Crippen LogP contribution in [-0.4, -0.2) is 69.8 Å². The Kier molecular flexibility index (Phi) is 7.38. The van der Waals surface area contributed by atoms with E-state index in [0.29, 0.717) is 18.5 Å². The molecule has 0 atom stereocenters. The van der Waals surface area contributed by atoms with E-state index < -0.39 is 0 Å². The molecule has 0 unspecified atom stereocenters. The molecule has 0 bridgehead atoms. The molecule has 0 spiro atoms. The van der Waals surface area contributed by atoms with Gasteiger partial charge in [-0.2, -0.15) is 0 Å². The topological polar surface area (TPSA) is 114 Å². The zero-order valence-electron chi connectivity index (χ0n) is 18.5. The van der Waals surface area contributed by atoms with Crippen molar-refractivity contribution >= 4 is 17.5 Å². The summed E-state index contributed by atoms with van der Waals surface area (Å²) in [6.45, 7) is 6.14. The van der Waals surface area contributed by atoms with E-state index in [1.165, 1.54) is 6.33 Å². The van der Waals surface area contributed by atoms with Crippen LogP contribution in [0.5, 0.6) is 0 Å². The molecule has 0 aliphatic carbocycles. The monoisotopic (exact) mass is 449 g/mol. The van der Waals surface area contributed by atoms with Gasteiger partial charge in [-0.25, -0.2) is 4.68 Å². The molecule has 2 heterocycles. The number of ether oxygens (including phenoxy) is 1. The van der Waals surface area contributed by atoms with Gasteiger partial charge in [0.15, 0.2) is 0 Å². The summed E-state index contributed by atoms with van der Waals surface area (Å²) in [6, 6.07) is 12.9. The van der Waals surface area contributed by atoms with E-state index >= 15 is 0 Å². The van der Waals surface area contributed by atoms with Gasteiger partial charge in [-0.05, 0) is 58.8 Å². The van der Waals surface area contributed by atoms with Crippen LogP contribution in [0.2, 0.25) is 0 Å². The number of carbonyl (C=O) groups is 2. The molecule has 10 heteroatoms. The van der Waals surface area contributed by atoms with Crippen LogP contribution in [0.3, 0.4) is 0 Å². The highest BCUT2D eigenvalue weighted by molar-refractivity contribution is 5.94. The third-order valence-electron chi connectivity index (χ3n) is 5.48. The van der Waals surface area contributed by atoms with Gasteiger partial charge in [0.05, 0.1) is 18.9 Å². The fraction of sp³-hybridized carbons (Fsp3) is 0.348. The van der Waals surface area contributed by atoms with Crippen LogP contribution in [-0.2, 0) is 16.1 Å². The number of aromatic nitrogens is 4. The lowest BCUT2D eigenvalue weighted by atomic mass is 10.1. The summed E-state index contributed by atoms with van der Waals surface area (Å²) in [4.78, 5) is 27.2. The third kappa shape index (κ3) is 6.21. The number of amides is 2. The summed E-state index contributed by atoms with van der Waals surface area (Å²) in [6.07, 6.45) is 1.94. The van der Waals surface area contributed by atoms with Gasteiger partial charge in [0, 0.05) is 43.9 Å². The van der Waals surface area contributed by atoms with Gasteiger partial charge in [-0.3, -0.25) is 14.5 Å². The van der Waals surface area contributed by atoms with Gasteiger partial charge < -0.3 is 15.4 Å². The van der Waals surface area contributed by atoms with E-state index in [-0.39, 0.29) is 11.8 Å². The predicted molar refractivity (Wildman–Crippen MR) is 122 cm³/mol. The molecule has 1 saturated heterocycles. The minimum atomic E-state index is -0.179. The number of morpholine rings is 1. The van der Waals surface area contributed by atoms with Gasteiger partial charge in [0.25, 0.3) is 5.91 Å². The Balaban J connectivity index is 1.29. The normalized spacial score (nSPS) is 14.1. The highest BCUT2D eigenvalue weighted by Gasteiger charge is 2.13. The van der Waals surface area contributed by atoms with E-state index in [1.54, 1.807) is 16.8 Å². The molecular weight excluding hydrogens is 422 g/mol. The van der Waals surface area contributed by atoms with Crippen molar-refractivity contribution in [2.24, 2.45) is 0 Å². The number of aryl methyl sites for hydroxylation is 1. The van der Waals surface area contributed by atoms with Crippen molar-refractivity contribution in [2.45, 2.75) is 19.9 Å². The molecule has 3 aromatic rings. The largest absolute Gasteiger partial charge is 0.379 e. The SMILES string of the molecule is Cc1cc(C(=O)NCc2cccc(NC(=O)CCN3CCOCC3)c2)ccc1-n1cnnn1. The van der Waals surface area contributed by atoms with E-state index in [2.05, 4.69) is 31.1 Å². The van der Waals surface area contributed by atoms with Crippen LogP contribution in [0, 0.1) is 6.92 Å². The first kappa shape index (κ1) is 22.6. The van der Waals surface area contributed by atoms with Gasteiger partial charge in [-0.1, -0.05) is 12.1 Å². The second-order valence-electron chi connectivity index (χ2n) is 7.89. The van der Waals surface area contributed by atoms with E-state index in [9.17, 15) is 9.59 Å². The molecule has 33 heavy (non-hydrogen) atoms. The fourth-order valence-electron chi connectivity index (χ4n) is 3.68. The molecule has 1 aliphatic rings. The lowest BCUT2D eigenvalue weighted by molar-refractivity contribution is -0.116. The van der Waals surface area contributed by atoms with Crippen molar-refractivity contribution in [1.29, 1.82) is 0 Å². The number of rotatable bonds is 8. The second-order valence-corrected chi connectivity index (χ2v) is 7.89. The van der Waals surface area contributed by atoms with Crippen molar-refractivity contribution in [3.05, 3.63) is 65.5 Å². The Morgan fingerprint density at radius 3 is 2.73 bits per heavy atom. The fourth-order valence-corrected chi connectivity index (χ4v) is 3.68. The number of nitrogens with zero attached hydrogens (tertiary/aromatic N) is 5. The van der Waals surface area contributed by atoms with Gasteiger partial charge in [0.1, 0.15) is 6.33 Å². The summed E-state index contributed by atoms with van der Waals surface area (Å²) in [5.74, 6) is -0.206. The van der Waals surface area contributed by atoms with Crippen molar-refractivity contribution in [2.75, 3.05) is 38.2 Å². The number of anilines is 1. The molecular formula is C23H27N7O3. The number of carbonyl (C=O) groups excluding carboxylic acids is 2. The first-order valence-corrected chi connectivity index (χ1v) is 10.9. The standard InChI is InChI=1S/C23H27N7O3/c1-17-13-19(5-6-21(17)30-16-25-27-28-30)23(32)24-15-18-3-2-4-20(14-18)26-22(31)7-8-29-9-11-33-12-10-29/h2-6,13-14,16H,7-12,15H2,1H3,(H,24,32)(H,26,31). The number of hydrogen-bond acceptors (Lipinski definition) is 7. The summed E-state index contributed by atoms with van der Waals surface area (Å²) in [5.41, 5.74) is 3.87. The van der Waals surface area contributed by atoms with Crippen molar-refractivity contribution in [1.82, 2.24) is 30.4 Å². The van der Waals surface area contributed by atoms with Crippen LogP contribution in [0.4, 0.5) is 5.69 Å². The van der Waals surface area contributed by atoms with Crippen LogP contribution < -0.4 is 10.6 Å². The van der Waals surface area contributed by atoms with Crippen LogP contribution >= 0.6 is 0 Å². The molecule has 0 radical (unpaired) electrons. The van der Waals surface area contributed by atoms with E-state index in [4.69, 9.17) is 4.74 Å². The molecule has 1 fully saturated rings. The molecule has 1 aromatic heterocycles. The summed E-state index contributed by atoms with van der Waals surface area (Å²) >= 11 is 0. The molecule has 0 saturated carbocycles. The second kappa shape index (κ2) is 10.8. The van der Waals surface area contributed by atoms with Gasteiger partial charge >= 0.3 is 0 Å². The maximum absolute atomic E-state index is 12.6. The number of tetrazole rings is 1. The molecule has 2 aromatic carbocycles. The lowest BCUT2D eigenvalue weighted by Gasteiger charge is -2.26. The molecule has 4 rings (SSSR count). The summed E-state index contributed by atoms with van der Waals surface area (Å²) in [5, 5.41) is 17.0. The first-order valence-electron chi connectivity index (χ1n) is 10.9. The number of nitrogens with one attached hydrogen (secondary N) is 2. The maximum Gasteiger partial charge on any atom is 0.251 e. The minimum Gasteiger partial charge on any atom is -0.379 e. The van der Waals surface area contributed by atoms with E-state index in [0.717, 1.165) is 55.3 Å². The maximum atomic E-state index is 12.6. The predicted octanol–water partition coefficient (Wildman–Crippen LogP) is 1.56. The molecule has 2 amide bonds. The average Bonchev–Trinajstić information content (AvgIpc) is 3.37. The van der Waals surface area contributed by atoms with Crippen molar-refractivity contribution in [3.63, 3.8) is 0 Å². The molecule has 10 nitrogen and oxygen atoms in total. The highest BCUT2D eigenvalue weighted by atomic mass is 16.5. The summed E-state index contributed by atoms with van der Waals surface area (Å²) in [7, 11) is 0. The van der Waals surface area contributed by atoms with Crippen molar-refractivity contribution < 1.29 is 14.3 Å². The quantitative estimate of drug-likeness (QED) is 0.536. The lowest BCUT2D eigenvalue weighted by Crippen LogP contribution is -2.38. The van der Waals surface area contributed by atoms with Crippen molar-refractivity contribution in [3.8, 4) is 5.69 Å². The smallest absolute Gasteiger partial charge is 0.251 e. The zero-order valence-corrected chi connectivity index (χ0v) is 18.5. The Morgan fingerprint density at radius 2 is 1.97 bits per heavy atom. The Hall–Kier alpha value is -3.63. The minimum absolute atomic E-state index is 0.0270. The molecule has 172 valence electrons. The Morgan fingerprint density at radius 1 is 1.12 bits per heavy atom.